The lowest BCUT2D eigenvalue weighted by Gasteiger charge is -2.15. The zero-order valence-corrected chi connectivity index (χ0v) is 18.0. The van der Waals surface area contributed by atoms with E-state index in [9.17, 15) is 18.0 Å². The number of hydrogen-bond donors (Lipinski definition) is 2. The van der Waals surface area contributed by atoms with Crippen LogP contribution in [0.4, 0.5) is 13.2 Å². The molecule has 1 amide bonds. The number of alkyl halides is 3. The molecule has 0 saturated carbocycles. The smallest absolute Gasteiger partial charge is 0.342 e. The third-order valence-corrected chi connectivity index (χ3v) is 5.40. The molecule has 1 unspecified atom stereocenters. The maximum Gasteiger partial charge on any atom is 0.416 e. The van der Waals surface area contributed by atoms with Crippen LogP contribution in [0.1, 0.15) is 46.8 Å². The van der Waals surface area contributed by atoms with Gasteiger partial charge in [-0.1, -0.05) is 43.3 Å². The van der Waals surface area contributed by atoms with Crippen molar-refractivity contribution in [3.8, 4) is 16.9 Å². The van der Waals surface area contributed by atoms with E-state index >= 15 is 0 Å². The number of halogens is 3. The Kier molecular flexibility index (Phi) is 6.04. The number of carbonyl (C=O) groups excluding carboxylic acids is 1. The van der Waals surface area contributed by atoms with E-state index in [1.165, 1.54) is 23.0 Å². The SMILES string of the molecule is CCC(NC(=O)c1cnn(-c2cccc(C(F)(F)F)c2)c1C)c1ncc(-c2ccccc2)[nH]1. The molecule has 0 radical (unpaired) electrons. The summed E-state index contributed by atoms with van der Waals surface area (Å²) in [5.74, 6) is 0.239. The second-order valence-electron chi connectivity index (χ2n) is 7.59. The number of carbonyl (C=O) groups is 1. The Hall–Kier alpha value is -3.88. The maximum absolute atomic E-state index is 13.1. The van der Waals surface area contributed by atoms with Crippen LogP contribution in [-0.4, -0.2) is 25.7 Å². The van der Waals surface area contributed by atoms with Crippen molar-refractivity contribution in [1.29, 1.82) is 0 Å². The van der Waals surface area contributed by atoms with Gasteiger partial charge < -0.3 is 10.3 Å². The van der Waals surface area contributed by atoms with E-state index in [0.29, 0.717) is 17.9 Å². The van der Waals surface area contributed by atoms with Crippen molar-refractivity contribution >= 4 is 5.91 Å². The predicted molar refractivity (Wildman–Crippen MR) is 118 cm³/mol. The summed E-state index contributed by atoms with van der Waals surface area (Å²) in [6.07, 6.45) is -0.798. The van der Waals surface area contributed by atoms with E-state index in [-0.39, 0.29) is 23.2 Å². The van der Waals surface area contributed by atoms with Crippen LogP contribution in [0, 0.1) is 6.92 Å². The van der Waals surface area contributed by atoms with Gasteiger partial charge in [0.05, 0.1) is 46.6 Å². The lowest BCUT2D eigenvalue weighted by Crippen LogP contribution is -2.29. The molecule has 0 saturated heterocycles. The molecular formula is C24H22F3N5O. The van der Waals surface area contributed by atoms with E-state index in [0.717, 1.165) is 23.4 Å². The van der Waals surface area contributed by atoms with Crippen LogP contribution in [0.25, 0.3) is 16.9 Å². The first-order valence-electron chi connectivity index (χ1n) is 10.4. The summed E-state index contributed by atoms with van der Waals surface area (Å²) in [5.41, 5.74) is 1.99. The molecule has 170 valence electrons. The number of amides is 1. The van der Waals surface area contributed by atoms with Crippen LogP contribution < -0.4 is 5.32 Å². The summed E-state index contributed by atoms with van der Waals surface area (Å²) in [6.45, 7) is 3.57. The number of benzene rings is 2. The van der Waals surface area contributed by atoms with Gasteiger partial charge in [-0.25, -0.2) is 9.67 Å². The number of rotatable bonds is 6. The van der Waals surface area contributed by atoms with Crippen molar-refractivity contribution in [3.05, 3.63) is 89.6 Å². The van der Waals surface area contributed by atoms with Gasteiger partial charge >= 0.3 is 6.18 Å². The highest BCUT2D eigenvalue weighted by molar-refractivity contribution is 5.95. The fourth-order valence-corrected chi connectivity index (χ4v) is 3.58. The van der Waals surface area contributed by atoms with Gasteiger partial charge in [0, 0.05) is 0 Å². The van der Waals surface area contributed by atoms with Gasteiger partial charge in [0.1, 0.15) is 5.82 Å². The molecule has 0 spiro atoms. The molecule has 6 nitrogen and oxygen atoms in total. The van der Waals surface area contributed by atoms with Gasteiger partial charge in [0.25, 0.3) is 5.91 Å². The molecule has 9 heteroatoms. The average Bonchev–Trinajstić information content (AvgIpc) is 3.45. The molecule has 1 atom stereocenters. The van der Waals surface area contributed by atoms with Crippen LogP contribution in [-0.2, 0) is 6.18 Å². The molecule has 4 rings (SSSR count). The van der Waals surface area contributed by atoms with Gasteiger partial charge in [-0.05, 0) is 37.1 Å². The number of aromatic amines is 1. The predicted octanol–water partition coefficient (Wildman–Crippen LogP) is 5.47. The Labute approximate surface area is 188 Å². The molecule has 2 aromatic carbocycles. The van der Waals surface area contributed by atoms with Gasteiger partial charge in [0.15, 0.2) is 0 Å². The third-order valence-electron chi connectivity index (χ3n) is 5.40. The quantitative estimate of drug-likeness (QED) is 0.407. The van der Waals surface area contributed by atoms with Crippen molar-refractivity contribution in [2.75, 3.05) is 0 Å². The lowest BCUT2D eigenvalue weighted by molar-refractivity contribution is -0.137. The fourth-order valence-electron chi connectivity index (χ4n) is 3.58. The molecule has 0 aliphatic rings. The van der Waals surface area contributed by atoms with Gasteiger partial charge in [-0.15, -0.1) is 0 Å². The molecule has 0 fully saturated rings. The van der Waals surface area contributed by atoms with Crippen molar-refractivity contribution in [2.45, 2.75) is 32.5 Å². The number of hydrogen-bond acceptors (Lipinski definition) is 3. The number of nitrogens with one attached hydrogen (secondary N) is 2. The number of nitrogens with zero attached hydrogens (tertiary/aromatic N) is 3. The minimum absolute atomic E-state index is 0.229. The standard InChI is InChI=1S/C24H22F3N5O/c1-3-20(22-28-14-21(30-22)16-8-5-4-6-9-16)31-23(33)19-13-29-32(15(19)2)18-11-7-10-17(12-18)24(25,26)27/h4-14,20H,3H2,1-2H3,(H,28,30)(H,31,33). The third kappa shape index (κ3) is 4.67. The van der Waals surface area contributed by atoms with Crippen molar-refractivity contribution in [3.63, 3.8) is 0 Å². The zero-order chi connectivity index (χ0) is 23.6. The first kappa shape index (κ1) is 22.3. The minimum Gasteiger partial charge on any atom is -0.342 e. The van der Waals surface area contributed by atoms with E-state index in [1.807, 2.05) is 37.3 Å². The monoisotopic (exact) mass is 453 g/mol. The van der Waals surface area contributed by atoms with Gasteiger partial charge in [0.2, 0.25) is 0 Å². The average molecular weight is 453 g/mol. The van der Waals surface area contributed by atoms with Crippen LogP contribution in [0.15, 0.2) is 67.0 Å². The Morgan fingerprint density at radius 1 is 1.12 bits per heavy atom. The minimum atomic E-state index is -4.47. The molecular weight excluding hydrogens is 431 g/mol. The van der Waals surface area contributed by atoms with Crippen molar-refractivity contribution < 1.29 is 18.0 Å². The van der Waals surface area contributed by atoms with Crippen LogP contribution >= 0.6 is 0 Å². The normalized spacial score (nSPS) is 12.5. The van der Waals surface area contributed by atoms with E-state index in [4.69, 9.17) is 0 Å². The fraction of sp³-hybridized carbons (Fsp3) is 0.208. The first-order chi connectivity index (χ1) is 15.8. The van der Waals surface area contributed by atoms with E-state index < -0.39 is 11.7 Å². The molecule has 0 aliphatic heterocycles. The van der Waals surface area contributed by atoms with Crippen LogP contribution in [0.5, 0.6) is 0 Å². The lowest BCUT2D eigenvalue weighted by atomic mass is 10.1. The Morgan fingerprint density at radius 3 is 2.58 bits per heavy atom. The van der Waals surface area contributed by atoms with Crippen molar-refractivity contribution in [1.82, 2.24) is 25.1 Å². The summed E-state index contributed by atoms with van der Waals surface area (Å²) >= 11 is 0. The van der Waals surface area contributed by atoms with E-state index in [1.54, 1.807) is 13.1 Å². The first-order valence-corrected chi connectivity index (χ1v) is 10.4. The topological polar surface area (TPSA) is 75.6 Å². The van der Waals surface area contributed by atoms with Gasteiger partial charge in [-0.3, -0.25) is 4.79 Å². The Morgan fingerprint density at radius 2 is 1.88 bits per heavy atom. The number of aromatic nitrogens is 4. The highest BCUT2D eigenvalue weighted by Crippen LogP contribution is 2.30. The molecule has 0 aliphatic carbocycles. The van der Waals surface area contributed by atoms with Gasteiger partial charge in [-0.2, -0.15) is 18.3 Å². The Balaban J connectivity index is 1.54. The second kappa shape index (κ2) is 8.93. The maximum atomic E-state index is 13.1. The Bertz CT molecular complexity index is 1260. The summed E-state index contributed by atoms with van der Waals surface area (Å²) in [4.78, 5) is 20.6. The number of imidazole rings is 1. The number of H-pyrrole nitrogens is 1. The molecule has 4 aromatic rings. The van der Waals surface area contributed by atoms with Crippen LogP contribution in [0.2, 0.25) is 0 Å². The van der Waals surface area contributed by atoms with Crippen LogP contribution in [0.3, 0.4) is 0 Å². The highest BCUT2D eigenvalue weighted by Gasteiger charge is 2.31. The summed E-state index contributed by atoms with van der Waals surface area (Å²) in [5, 5.41) is 7.08. The molecule has 0 bridgehead atoms. The summed E-state index contributed by atoms with van der Waals surface area (Å²) in [6, 6.07) is 14.2. The molecule has 2 heterocycles. The van der Waals surface area contributed by atoms with Crippen molar-refractivity contribution in [2.24, 2.45) is 0 Å². The molecule has 33 heavy (non-hydrogen) atoms. The summed E-state index contributed by atoms with van der Waals surface area (Å²) in [7, 11) is 0. The molecule has 2 N–H and O–H groups in total. The largest absolute Gasteiger partial charge is 0.416 e. The highest BCUT2D eigenvalue weighted by atomic mass is 19.4. The van der Waals surface area contributed by atoms with E-state index in [2.05, 4.69) is 20.4 Å². The zero-order valence-electron chi connectivity index (χ0n) is 18.0. The summed E-state index contributed by atoms with van der Waals surface area (Å²) < 4.78 is 40.5. The second-order valence-corrected chi connectivity index (χ2v) is 7.59. The molecule has 2 aromatic heterocycles.